The molecule has 5 heteroatoms. The first-order chi connectivity index (χ1) is 3.27. The second-order valence-corrected chi connectivity index (χ2v) is 2.45. The quantitative estimate of drug-likeness (QED) is 0.465. The highest BCUT2D eigenvalue weighted by Crippen LogP contribution is 2.15. The topological polar surface area (TPSA) is 46.5 Å². The molecule has 44 valence electrons. The summed E-state index contributed by atoms with van der Waals surface area (Å²) in [6.45, 7) is 0. The van der Waals surface area contributed by atoms with Crippen molar-refractivity contribution in [3.63, 3.8) is 0 Å². The van der Waals surface area contributed by atoms with Gasteiger partial charge in [0.1, 0.15) is 5.94 Å². The minimum absolute atomic E-state index is 0.300. The highest BCUT2D eigenvalue weighted by atomic mass is 32.2. The Hall–Kier alpha value is 0.500. The molecule has 0 aromatic heterocycles. The van der Waals surface area contributed by atoms with E-state index in [2.05, 4.69) is 4.52 Å². The molecule has 0 rings (SSSR count). The van der Waals surface area contributed by atoms with Crippen molar-refractivity contribution in [3.8, 4) is 0 Å². The van der Waals surface area contributed by atoms with Crippen molar-refractivity contribution < 1.29 is 14.0 Å². The lowest BCUT2D eigenvalue weighted by Gasteiger charge is -1.91. The maximum atomic E-state index is 9.71. The fourth-order valence-electron chi connectivity index (χ4n) is 0.109. The summed E-state index contributed by atoms with van der Waals surface area (Å²) in [5.74, 6) is 0.300. The van der Waals surface area contributed by atoms with Crippen LogP contribution < -0.4 is 0 Å². The molecule has 0 aromatic rings. The normalized spacial score (nSPS) is 14.0. The van der Waals surface area contributed by atoms with Crippen molar-refractivity contribution >= 4 is 20.0 Å². The largest absolute Gasteiger partial charge is 0.326 e. The van der Waals surface area contributed by atoms with E-state index in [0.717, 1.165) is 0 Å². The second-order valence-electron chi connectivity index (χ2n) is 0.817. The van der Waals surface area contributed by atoms with Gasteiger partial charge >= 0.3 is 8.25 Å². The predicted octanol–water partition coefficient (Wildman–Crippen LogP) is 0.706. The van der Waals surface area contributed by atoms with E-state index in [4.69, 9.17) is 4.89 Å². The van der Waals surface area contributed by atoms with Crippen molar-refractivity contribution in [1.29, 1.82) is 0 Å². The molecule has 0 bridgehead atoms. The molecule has 0 aliphatic carbocycles. The van der Waals surface area contributed by atoms with E-state index in [1.807, 2.05) is 0 Å². The van der Waals surface area contributed by atoms with Gasteiger partial charge < -0.3 is 4.89 Å². The van der Waals surface area contributed by atoms with Crippen molar-refractivity contribution in [3.05, 3.63) is 0 Å². The van der Waals surface area contributed by atoms with E-state index in [1.165, 1.54) is 11.8 Å². The molecule has 0 radical (unpaired) electrons. The smallest absolute Gasteiger partial charge is 0.317 e. The van der Waals surface area contributed by atoms with Crippen LogP contribution in [0, 0.1) is 0 Å². The number of thioether (sulfide) groups is 1. The van der Waals surface area contributed by atoms with Gasteiger partial charge in [-0.15, -0.1) is 11.8 Å². The molecular formula is C2H7O3PS. The Balaban J connectivity index is 2.82. The van der Waals surface area contributed by atoms with Gasteiger partial charge in [-0.1, -0.05) is 0 Å². The van der Waals surface area contributed by atoms with Gasteiger partial charge in [-0.2, -0.15) is 0 Å². The van der Waals surface area contributed by atoms with Gasteiger partial charge in [0.05, 0.1) is 0 Å². The minimum atomic E-state index is -2.67. The molecule has 0 saturated carbocycles. The van der Waals surface area contributed by atoms with Gasteiger partial charge in [0.25, 0.3) is 0 Å². The summed E-state index contributed by atoms with van der Waals surface area (Å²) in [5, 5.41) is 0. The Morgan fingerprint density at radius 2 is 2.57 bits per heavy atom. The third kappa shape index (κ3) is 6.50. The molecule has 0 aliphatic heterocycles. The third-order valence-electron chi connectivity index (χ3n) is 0.300. The van der Waals surface area contributed by atoms with E-state index in [0.29, 0.717) is 5.94 Å². The maximum absolute atomic E-state index is 9.71. The summed E-state index contributed by atoms with van der Waals surface area (Å²) in [7, 11) is -2.67. The lowest BCUT2D eigenvalue weighted by Crippen LogP contribution is -1.74. The van der Waals surface area contributed by atoms with Crippen molar-refractivity contribution in [2.24, 2.45) is 0 Å². The molecule has 0 aliphatic rings. The highest BCUT2D eigenvalue weighted by Gasteiger charge is 1.85. The lowest BCUT2D eigenvalue weighted by atomic mass is 11.7. The molecule has 0 amide bonds. The fraction of sp³-hybridized carbons (Fsp3) is 1.00. The van der Waals surface area contributed by atoms with Gasteiger partial charge in [0, 0.05) is 0 Å². The number of hydrogen-bond acceptors (Lipinski definition) is 3. The Bertz CT molecular complexity index is 66.0. The first-order valence-electron chi connectivity index (χ1n) is 1.62. The summed E-state index contributed by atoms with van der Waals surface area (Å²) in [6, 6.07) is 0. The van der Waals surface area contributed by atoms with E-state index in [1.54, 1.807) is 6.26 Å². The summed E-state index contributed by atoms with van der Waals surface area (Å²) >= 11 is 1.37. The van der Waals surface area contributed by atoms with E-state index in [9.17, 15) is 4.57 Å². The molecule has 0 saturated heterocycles. The van der Waals surface area contributed by atoms with Crippen molar-refractivity contribution in [2.45, 2.75) is 0 Å². The Morgan fingerprint density at radius 1 is 2.00 bits per heavy atom. The predicted molar refractivity (Wildman–Crippen MR) is 30.7 cm³/mol. The van der Waals surface area contributed by atoms with Crippen LogP contribution in [0.5, 0.6) is 0 Å². The van der Waals surface area contributed by atoms with Crippen molar-refractivity contribution in [2.75, 3.05) is 12.2 Å². The van der Waals surface area contributed by atoms with Gasteiger partial charge in [-0.05, 0) is 6.26 Å². The molecule has 3 nitrogen and oxygen atoms in total. The zero-order chi connectivity index (χ0) is 5.70. The van der Waals surface area contributed by atoms with Crippen LogP contribution >= 0.6 is 20.0 Å². The summed E-state index contributed by atoms with van der Waals surface area (Å²) in [4.78, 5) is 7.99. The Labute approximate surface area is 47.0 Å². The molecular weight excluding hydrogens is 135 g/mol. The van der Waals surface area contributed by atoms with Crippen LogP contribution in [0.3, 0.4) is 0 Å². The highest BCUT2D eigenvalue weighted by molar-refractivity contribution is 7.98. The molecule has 0 heterocycles. The average Bonchev–Trinajstić information content (AvgIpc) is 1.61. The van der Waals surface area contributed by atoms with Crippen LogP contribution in [0.1, 0.15) is 0 Å². The van der Waals surface area contributed by atoms with E-state index >= 15 is 0 Å². The Kier molecular flexibility index (Phi) is 4.99. The molecule has 1 N–H and O–H groups in total. The van der Waals surface area contributed by atoms with Crippen LogP contribution in [0.15, 0.2) is 0 Å². The molecule has 0 fully saturated rings. The lowest BCUT2D eigenvalue weighted by molar-refractivity contribution is 0.331. The summed E-state index contributed by atoms with van der Waals surface area (Å²) in [6.07, 6.45) is 1.80. The van der Waals surface area contributed by atoms with Crippen LogP contribution in [-0.2, 0) is 9.09 Å². The molecule has 0 spiro atoms. The van der Waals surface area contributed by atoms with Gasteiger partial charge in [-0.25, -0.2) is 0 Å². The first kappa shape index (κ1) is 7.50. The molecule has 0 aromatic carbocycles. The summed E-state index contributed by atoms with van der Waals surface area (Å²) < 4.78 is 14.0. The van der Waals surface area contributed by atoms with Gasteiger partial charge in [0.2, 0.25) is 0 Å². The van der Waals surface area contributed by atoms with E-state index < -0.39 is 8.25 Å². The third-order valence-corrected chi connectivity index (χ3v) is 1.25. The van der Waals surface area contributed by atoms with Crippen LogP contribution in [0.4, 0.5) is 0 Å². The standard InChI is InChI=1S/C2H7O3PS/c1-7-2-5-6(3)4/h6H,2H2,1H3,(H,3,4). The Morgan fingerprint density at radius 3 is 2.71 bits per heavy atom. The monoisotopic (exact) mass is 142 g/mol. The maximum Gasteiger partial charge on any atom is 0.317 e. The van der Waals surface area contributed by atoms with Crippen molar-refractivity contribution in [1.82, 2.24) is 0 Å². The number of hydrogen-bond donors (Lipinski definition) is 1. The number of rotatable bonds is 3. The van der Waals surface area contributed by atoms with Crippen LogP contribution in [0.25, 0.3) is 0 Å². The fourth-order valence-corrected chi connectivity index (χ4v) is 0.984. The zero-order valence-electron chi connectivity index (χ0n) is 3.88. The zero-order valence-corrected chi connectivity index (χ0v) is 5.70. The van der Waals surface area contributed by atoms with E-state index in [-0.39, 0.29) is 0 Å². The molecule has 1 unspecified atom stereocenters. The van der Waals surface area contributed by atoms with Crippen LogP contribution in [-0.4, -0.2) is 17.1 Å². The summed E-state index contributed by atoms with van der Waals surface area (Å²) in [5.41, 5.74) is 0. The average molecular weight is 142 g/mol. The van der Waals surface area contributed by atoms with Crippen LogP contribution in [0.2, 0.25) is 0 Å². The minimum Gasteiger partial charge on any atom is -0.326 e. The van der Waals surface area contributed by atoms with Gasteiger partial charge in [-0.3, -0.25) is 9.09 Å². The second kappa shape index (κ2) is 4.65. The SMILES string of the molecule is CSCO[PH](=O)O. The first-order valence-corrected chi connectivity index (χ1v) is 4.28. The molecule has 1 atom stereocenters. The molecule has 7 heavy (non-hydrogen) atoms. The van der Waals surface area contributed by atoms with Gasteiger partial charge in [0.15, 0.2) is 0 Å².